The molecule has 0 aliphatic carbocycles. The molecule has 1 atom stereocenters. The van der Waals surface area contributed by atoms with Crippen molar-refractivity contribution in [1.29, 1.82) is 0 Å². The van der Waals surface area contributed by atoms with Crippen LogP contribution >= 0.6 is 11.3 Å². The predicted molar refractivity (Wildman–Crippen MR) is 93.8 cm³/mol. The average Bonchev–Trinajstić information content (AvgIpc) is 3.16. The van der Waals surface area contributed by atoms with Crippen LogP contribution in [0.5, 0.6) is 0 Å². The number of aliphatic hydroxyl groups is 1. The monoisotopic (exact) mass is 340 g/mol. The lowest BCUT2D eigenvalue weighted by Crippen LogP contribution is -2.32. The van der Waals surface area contributed by atoms with Crippen molar-refractivity contribution >= 4 is 23.2 Å². The number of hydrogen-bond donors (Lipinski definition) is 3. The van der Waals surface area contributed by atoms with Crippen molar-refractivity contribution in [2.75, 3.05) is 11.9 Å². The molecule has 24 heavy (non-hydrogen) atoms. The van der Waals surface area contributed by atoms with E-state index in [0.29, 0.717) is 5.82 Å². The molecule has 0 aliphatic rings. The molecule has 0 aliphatic heterocycles. The van der Waals surface area contributed by atoms with Gasteiger partial charge in [-0.15, -0.1) is 10.2 Å². The molecule has 0 saturated heterocycles. The summed E-state index contributed by atoms with van der Waals surface area (Å²) in [6, 6.07) is 14.5. The number of hydrogen-bond acceptors (Lipinski definition) is 5. The first-order valence-corrected chi connectivity index (χ1v) is 8.31. The van der Waals surface area contributed by atoms with Crippen LogP contribution in [0, 0.1) is 0 Å². The van der Waals surface area contributed by atoms with Crippen molar-refractivity contribution in [3.8, 4) is 11.3 Å². The van der Waals surface area contributed by atoms with Crippen LogP contribution in [0.25, 0.3) is 11.3 Å². The molecule has 0 spiro atoms. The van der Waals surface area contributed by atoms with Crippen LogP contribution in [0.3, 0.4) is 0 Å². The first-order valence-electron chi connectivity index (χ1n) is 7.36. The number of carbonyl (C=O) groups is 1. The molecule has 3 N–H and O–H groups in total. The minimum absolute atomic E-state index is 0.123. The van der Waals surface area contributed by atoms with Gasteiger partial charge in [0.25, 0.3) is 0 Å². The maximum absolute atomic E-state index is 11.8. The van der Waals surface area contributed by atoms with Gasteiger partial charge < -0.3 is 10.4 Å². The highest BCUT2D eigenvalue weighted by molar-refractivity contribution is 7.07. The van der Waals surface area contributed by atoms with Gasteiger partial charge in [0.1, 0.15) is 0 Å². The highest BCUT2D eigenvalue weighted by Gasteiger charge is 2.10. The van der Waals surface area contributed by atoms with Crippen LogP contribution in [0.4, 0.5) is 10.6 Å². The fourth-order valence-electron chi connectivity index (χ4n) is 2.09. The summed E-state index contributed by atoms with van der Waals surface area (Å²) in [4.78, 5) is 11.8. The maximum atomic E-state index is 11.8. The maximum Gasteiger partial charge on any atom is 0.320 e. The Morgan fingerprint density at radius 1 is 1.12 bits per heavy atom. The Balaban J connectivity index is 1.53. The molecule has 1 aromatic carbocycles. The summed E-state index contributed by atoms with van der Waals surface area (Å²) in [5.41, 5.74) is 2.47. The molecule has 122 valence electrons. The molecular weight excluding hydrogens is 324 g/mol. The van der Waals surface area contributed by atoms with Crippen molar-refractivity contribution < 1.29 is 9.90 Å². The Morgan fingerprint density at radius 3 is 2.62 bits per heavy atom. The number of amides is 2. The normalized spacial score (nSPS) is 11.7. The number of nitrogens with one attached hydrogen (secondary N) is 2. The summed E-state index contributed by atoms with van der Waals surface area (Å²) in [6.45, 7) is 0.123. The summed E-state index contributed by atoms with van der Waals surface area (Å²) in [5.74, 6) is 0.345. The van der Waals surface area contributed by atoms with Crippen LogP contribution in [0.1, 0.15) is 11.7 Å². The van der Waals surface area contributed by atoms with Crippen molar-refractivity contribution in [3.05, 3.63) is 64.9 Å². The van der Waals surface area contributed by atoms with Crippen LogP contribution in [-0.2, 0) is 0 Å². The number of benzene rings is 1. The van der Waals surface area contributed by atoms with Gasteiger partial charge in [-0.05, 0) is 34.5 Å². The third-order valence-electron chi connectivity index (χ3n) is 3.36. The fourth-order valence-corrected chi connectivity index (χ4v) is 2.80. The van der Waals surface area contributed by atoms with E-state index in [1.165, 1.54) is 11.3 Å². The topological polar surface area (TPSA) is 87.1 Å². The molecule has 2 heterocycles. The number of anilines is 1. The molecule has 0 saturated carbocycles. The van der Waals surface area contributed by atoms with Gasteiger partial charge in [-0.25, -0.2) is 4.79 Å². The van der Waals surface area contributed by atoms with E-state index in [2.05, 4.69) is 20.8 Å². The Hall–Kier alpha value is -2.77. The van der Waals surface area contributed by atoms with Gasteiger partial charge in [-0.2, -0.15) is 11.3 Å². The van der Waals surface area contributed by atoms with Gasteiger partial charge in [0, 0.05) is 12.1 Å². The summed E-state index contributed by atoms with van der Waals surface area (Å²) >= 11 is 1.50. The molecule has 2 amide bonds. The number of urea groups is 1. The van der Waals surface area contributed by atoms with Crippen molar-refractivity contribution in [2.24, 2.45) is 0 Å². The zero-order chi connectivity index (χ0) is 16.8. The zero-order valence-electron chi connectivity index (χ0n) is 12.7. The van der Waals surface area contributed by atoms with E-state index in [4.69, 9.17) is 0 Å². The third-order valence-corrected chi connectivity index (χ3v) is 4.06. The Bertz CT molecular complexity index is 776. The van der Waals surface area contributed by atoms with E-state index in [0.717, 1.165) is 16.8 Å². The van der Waals surface area contributed by atoms with Crippen LogP contribution < -0.4 is 10.6 Å². The summed E-state index contributed by atoms with van der Waals surface area (Å²) in [6.07, 6.45) is -0.728. The van der Waals surface area contributed by atoms with E-state index < -0.39 is 12.1 Å². The summed E-state index contributed by atoms with van der Waals surface area (Å²) in [5, 5.41) is 26.9. The lowest BCUT2D eigenvalue weighted by Gasteiger charge is -2.11. The lowest BCUT2D eigenvalue weighted by molar-refractivity contribution is 0.175. The van der Waals surface area contributed by atoms with Crippen molar-refractivity contribution in [1.82, 2.24) is 15.5 Å². The second-order valence-electron chi connectivity index (χ2n) is 5.08. The Labute approximate surface area is 143 Å². The smallest absolute Gasteiger partial charge is 0.320 e. The van der Waals surface area contributed by atoms with E-state index >= 15 is 0 Å². The standard InChI is InChI=1S/C17H16N4O2S/c22-15(13-8-9-24-11-13)10-18-17(23)19-16-7-6-14(20-21-16)12-4-2-1-3-5-12/h1-9,11,15,22H,10H2,(H2,18,19,21,23)/t15-/m0/s1. The molecule has 2 aromatic heterocycles. The molecule has 0 bridgehead atoms. The van der Waals surface area contributed by atoms with Crippen LogP contribution in [-0.4, -0.2) is 27.9 Å². The first-order chi connectivity index (χ1) is 11.7. The van der Waals surface area contributed by atoms with E-state index in [1.54, 1.807) is 12.1 Å². The number of carbonyl (C=O) groups excluding carboxylic acids is 1. The number of nitrogens with zero attached hydrogens (tertiary/aromatic N) is 2. The van der Waals surface area contributed by atoms with E-state index in [9.17, 15) is 9.90 Å². The molecular formula is C17H16N4O2S. The lowest BCUT2D eigenvalue weighted by atomic mass is 10.1. The first kappa shape index (κ1) is 16.1. The molecule has 3 rings (SSSR count). The molecule has 3 aromatic rings. The minimum atomic E-state index is -0.728. The molecule has 7 heteroatoms. The number of aromatic nitrogens is 2. The predicted octanol–water partition coefficient (Wildman–Crippen LogP) is 3.06. The molecule has 0 fully saturated rings. The van der Waals surface area contributed by atoms with Gasteiger partial charge in [0.05, 0.1) is 11.8 Å². The SMILES string of the molecule is O=C(NC[C@H](O)c1ccsc1)Nc1ccc(-c2ccccc2)nn1. The van der Waals surface area contributed by atoms with Crippen molar-refractivity contribution in [3.63, 3.8) is 0 Å². The Morgan fingerprint density at radius 2 is 1.96 bits per heavy atom. The van der Waals surface area contributed by atoms with Crippen molar-refractivity contribution in [2.45, 2.75) is 6.10 Å². The number of aliphatic hydroxyl groups excluding tert-OH is 1. The largest absolute Gasteiger partial charge is 0.387 e. The summed E-state index contributed by atoms with van der Waals surface area (Å²) in [7, 11) is 0. The molecule has 6 nitrogen and oxygen atoms in total. The highest BCUT2D eigenvalue weighted by atomic mass is 32.1. The quantitative estimate of drug-likeness (QED) is 0.666. The van der Waals surface area contributed by atoms with E-state index in [-0.39, 0.29) is 6.54 Å². The molecule has 0 unspecified atom stereocenters. The third kappa shape index (κ3) is 4.15. The zero-order valence-corrected chi connectivity index (χ0v) is 13.5. The second-order valence-corrected chi connectivity index (χ2v) is 5.86. The van der Waals surface area contributed by atoms with Gasteiger partial charge in [0.15, 0.2) is 5.82 Å². The van der Waals surface area contributed by atoms with Gasteiger partial charge >= 0.3 is 6.03 Å². The number of thiophene rings is 1. The van der Waals surface area contributed by atoms with Crippen LogP contribution in [0.2, 0.25) is 0 Å². The molecule has 0 radical (unpaired) electrons. The minimum Gasteiger partial charge on any atom is -0.387 e. The Kier molecular flexibility index (Phi) is 5.15. The average molecular weight is 340 g/mol. The van der Waals surface area contributed by atoms with Gasteiger partial charge in [-0.1, -0.05) is 30.3 Å². The second kappa shape index (κ2) is 7.67. The van der Waals surface area contributed by atoms with E-state index in [1.807, 2.05) is 47.2 Å². The summed E-state index contributed by atoms with van der Waals surface area (Å²) < 4.78 is 0. The fraction of sp³-hybridized carbons (Fsp3) is 0.118. The van der Waals surface area contributed by atoms with Crippen LogP contribution in [0.15, 0.2) is 59.3 Å². The number of rotatable bonds is 5. The highest BCUT2D eigenvalue weighted by Crippen LogP contribution is 2.17. The van der Waals surface area contributed by atoms with Gasteiger partial charge in [0.2, 0.25) is 0 Å². The van der Waals surface area contributed by atoms with Gasteiger partial charge in [-0.3, -0.25) is 5.32 Å².